The number of likely N-dealkylation sites (tertiary alicyclic amines) is 1. The van der Waals surface area contributed by atoms with Crippen molar-refractivity contribution in [1.82, 2.24) is 9.88 Å². The van der Waals surface area contributed by atoms with Gasteiger partial charge in [-0.15, -0.1) is 0 Å². The number of fused-ring (bicyclic) bond motifs is 3. The van der Waals surface area contributed by atoms with Crippen molar-refractivity contribution in [1.29, 1.82) is 0 Å². The first-order valence-corrected chi connectivity index (χ1v) is 9.65. The number of benzene rings is 2. The normalized spacial score (nSPS) is 25.0. The fourth-order valence-electron chi connectivity index (χ4n) is 4.85. The number of piperidine rings is 1. The lowest BCUT2D eigenvalue weighted by atomic mass is 10.0. The van der Waals surface area contributed by atoms with E-state index in [4.69, 9.17) is 0 Å². The Balaban J connectivity index is 1.35. The number of nitrogens with zero attached hydrogens (tertiary/aromatic N) is 2. The molecule has 3 atom stereocenters. The number of aromatic nitrogens is 1. The Hall–Kier alpha value is -2.39. The smallest absolute Gasteiger partial charge is 0.0423 e. The minimum atomic E-state index is 0.540. The van der Waals surface area contributed by atoms with Crippen LogP contribution in [-0.2, 0) is 6.54 Å². The molecule has 2 bridgehead atoms. The number of aryl methyl sites for hydroxylation is 1. The molecule has 1 aliphatic heterocycles. The largest absolute Gasteiger partial charge is 0.380 e. The molecule has 2 heterocycles. The third-order valence-corrected chi connectivity index (χ3v) is 6.12. The van der Waals surface area contributed by atoms with Crippen molar-refractivity contribution in [2.45, 2.75) is 38.4 Å². The van der Waals surface area contributed by atoms with Gasteiger partial charge in [-0.25, -0.2) is 0 Å². The van der Waals surface area contributed by atoms with E-state index in [1.165, 1.54) is 47.0 Å². The minimum absolute atomic E-state index is 0.540. The SMILES string of the molecule is Cc1ccc(CN2C[C@@H]3C[C@H](Nc4cccc5cnccc45)[C@H]2C3)cc1. The van der Waals surface area contributed by atoms with Gasteiger partial charge in [-0.05, 0) is 43.4 Å². The first kappa shape index (κ1) is 15.8. The molecule has 0 amide bonds. The molecular weight excluding hydrogens is 318 g/mol. The van der Waals surface area contributed by atoms with Crippen LogP contribution in [0.25, 0.3) is 10.8 Å². The molecule has 2 aliphatic rings. The van der Waals surface area contributed by atoms with E-state index in [-0.39, 0.29) is 0 Å². The number of pyridine rings is 1. The Bertz CT molecular complexity index is 913. The van der Waals surface area contributed by atoms with E-state index in [9.17, 15) is 0 Å². The summed E-state index contributed by atoms with van der Waals surface area (Å²) in [6, 6.07) is 18.8. The summed E-state index contributed by atoms with van der Waals surface area (Å²) >= 11 is 0. The van der Waals surface area contributed by atoms with Crippen LogP contribution in [-0.4, -0.2) is 28.5 Å². The molecule has 1 aromatic heterocycles. The molecule has 1 aliphatic carbocycles. The van der Waals surface area contributed by atoms with Crippen LogP contribution in [0.4, 0.5) is 5.69 Å². The van der Waals surface area contributed by atoms with Gasteiger partial charge in [0, 0.05) is 54.0 Å². The van der Waals surface area contributed by atoms with Gasteiger partial charge in [0.15, 0.2) is 0 Å². The van der Waals surface area contributed by atoms with Crippen molar-refractivity contribution in [2.24, 2.45) is 5.92 Å². The maximum atomic E-state index is 4.25. The molecule has 1 saturated heterocycles. The van der Waals surface area contributed by atoms with Crippen LogP contribution in [0.1, 0.15) is 24.0 Å². The third kappa shape index (κ3) is 2.86. The topological polar surface area (TPSA) is 28.2 Å². The third-order valence-electron chi connectivity index (χ3n) is 6.12. The highest BCUT2D eigenvalue weighted by molar-refractivity contribution is 5.93. The Kier molecular flexibility index (Phi) is 3.90. The summed E-state index contributed by atoms with van der Waals surface area (Å²) in [7, 11) is 0. The molecular formula is C23H25N3. The van der Waals surface area contributed by atoms with E-state index >= 15 is 0 Å². The minimum Gasteiger partial charge on any atom is -0.380 e. The van der Waals surface area contributed by atoms with Crippen molar-refractivity contribution in [3.63, 3.8) is 0 Å². The molecule has 2 fully saturated rings. The monoisotopic (exact) mass is 343 g/mol. The van der Waals surface area contributed by atoms with E-state index < -0.39 is 0 Å². The average Bonchev–Trinajstić information content (AvgIpc) is 3.24. The Morgan fingerprint density at radius 1 is 1.08 bits per heavy atom. The molecule has 1 N–H and O–H groups in total. The molecule has 5 rings (SSSR count). The zero-order valence-corrected chi connectivity index (χ0v) is 15.2. The van der Waals surface area contributed by atoms with Crippen LogP contribution in [0, 0.1) is 12.8 Å². The zero-order valence-electron chi connectivity index (χ0n) is 15.2. The van der Waals surface area contributed by atoms with Crippen LogP contribution >= 0.6 is 0 Å². The fraction of sp³-hybridized carbons (Fsp3) is 0.348. The van der Waals surface area contributed by atoms with Gasteiger partial charge in [-0.2, -0.15) is 0 Å². The summed E-state index contributed by atoms with van der Waals surface area (Å²) in [5.41, 5.74) is 4.01. The van der Waals surface area contributed by atoms with Crippen molar-refractivity contribution in [3.8, 4) is 0 Å². The highest BCUT2D eigenvalue weighted by atomic mass is 15.2. The van der Waals surface area contributed by atoms with Gasteiger partial charge in [-0.1, -0.05) is 42.0 Å². The predicted octanol–water partition coefficient (Wildman–Crippen LogP) is 4.62. The van der Waals surface area contributed by atoms with Gasteiger partial charge < -0.3 is 5.32 Å². The van der Waals surface area contributed by atoms with E-state index in [2.05, 4.69) is 70.7 Å². The molecule has 26 heavy (non-hydrogen) atoms. The van der Waals surface area contributed by atoms with Gasteiger partial charge in [0.1, 0.15) is 0 Å². The lowest BCUT2D eigenvalue weighted by molar-refractivity contribution is 0.193. The number of rotatable bonds is 4. The maximum Gasteiger partial charge on any atom is 0.0423 e. The predicted molar refractivity (Wildman–Crippen MR) is 107 cm³/mol. The second kappa shape index (κ2) is 6.40. The summed E-state index contributed by atoms with van der Waals surface area (Å²) in [6.45, 7) is 4.47. The second-order valence-corrected chi connectivity index (χ2v) is 7.97. The molecule has 0 radical (unpaired) electrons. The van der Waals surface area contributed by atoms with E-state index in [0.29, 0.717) is 12.1 Å². The lowest BCUT2D eigenvalue weighted by Crippen LogP contribution is -2.44. The number of hydrogen-bond donors (Lipinski definition) is 1. The van der Waals surface area contributed by atoms with Gasteiger partial charge >= 0.3 is 0 Å². The molecule has 0 spiro atoms. The summed E-state index contributed by atoms with van der Waals surface area (Å²) in [5.74, 6) is 0.833. The quantitative estimate of drug-likeness (QED) is 0.749. The summed E-state index contributed by atoms with van der Waals surface area (Å²) in [5, 5.41) is 6.35. The van der Waals surface area contributed by atoms with Crippen molar-refractivity contribution < 1.29 is 0 Å². The van der Waals surface area contributed by atoms with Crippen molar-refractivity contribution >= 4 is 16.5 Å². The van der Waals surface area contributed by atoms with E-state index in [1.807, 2.05) is 12.4 Å². The summed E-state index contributed by atoms with van der Waals surface area (Å²) in [6.07, 6.45) is 6.45. The van der Waals surface area contributed by atoms with Gasteiger partial charge in [0.25, 0.3) is 0 Å². The second-order valence-electron chi connectivity index (χ2n) is 7.97. The molecule has 2 aromatic carbocycles. The molecule has 3 nitrogen and oxygen atoms in total. The highest BCUT2D eigenvalue weighted by Crippen LogP contribution is 2.40. The standard InChI is InChI=1S/C23H25N3/c1-16-5-7-17(8-6-16)14-26-15-18-11-22(23(26)12-18)25-21-4-2-3-19-13-24-10-9-20(19)21/h2-10,13,18,22-23,25H,11-12,14-15H2,1H3/t18-,22+,23-/m1/s1. The molecule has 3 heteroatoms. The Labute approximate surface area is 155 Å². The first-order chi connectivity index (χ1) is 12.8. The summed E-state index contributed by atoms with van der Waals surface area (Å²) < 4.78 is 0. The Morgan fingerprint density at radius 2 is 1.96 bits per heavy atom. The lowest BCUT2D eigenvalue weighted by Gasteiger charge is -2.34. The van der Waals surface area contributed by atoms with Crippen molar-refractivity contribution in [2.75, 3.05) is 11.9 Å². The molecule has 0 unspecified atom stereocenters. The summed E-state index contributed by atoms with van der Waals surface area (Å²) in [4.78, 5) is 6.94. The van der Waals surface area contributed by atoms with Crippen LogP contribution < -0.4 is 5.32 Å². The number of anilines is 1. The average molecular weight is 343 g/mol. The highest BCUT2D eigenvalue weighted by Gasteiger charge is 2.44. The van der Waals surface area contributed by atoms with Crippen molar-refractivity contribution in [3.05, 3.63) is 72.1 Å². The van der Waals surface area contributed by atoms with Crippen LogP contribution in [0.2, 0.25) is 0 Å². The van der Waals surface area contributed by atoms with Crippen LogP contribution in [0.5, 0.6) is 0 Å². The Morgan fingerprint density at radius 3 is 2.81 bits per heavy atom. The zero-order chi connectivity index (χ0) is 17.5. The number of hydrogen-bond acceptors (Lipinski definition) is 3. The first-order valence-electron chi connectivity index (χ1n) is 9.65. The van der Waals surface area contributed by atoms with Gasteiger partial charge in [0.2, 0.25) is 0 Å². The maximum absolute atomic E-state index is 4.25. The number of nitrogens with one attached hydrogen (secondary N) is 1. The molecule has 132 valence electrons. The van der Waals surface area contributed by atoms with Crippen LogP contribution in [0.15, 0.2) is 60.9 Å². The molecule has 1 saturated carbocycles. The van der Waals surface area contributed by atoms with Gasteiger partial charge in [0.05, 0.1) is 0 Å². The fourth-order valence-corrected chi connectivity index (χ4v) is 4.85. The van der Waals surface area contributed by atoms with Crippen LogP contribution in [0.3, 0.4) is 0 Å². The van der Waals surface area contributed by atoms with Gasteiger partial charge in [-0.3, -0.25) is 9.88 Å². The van der Waals surface area contributed by atoms with E-state index in [1.54, 1.807) is 0 Å². The molecule has 3 aromatic rings. The van der Waals surface area contributed by atoms with E-state index in [0.717, 1.165) is 12.5 Å².